The first-order valence-electron chi connectivity index (χ1n) is 28.7. The van der Waals surface area contributed by atoms with Crippen molar-refractivity contribution in [3.8, 4) is 0 Å². The van der Waals surface area contributed by atoms with Crippen LogP contribution >= 0.6 is 0 Å². The van der Waals surface area contributed by atoms with Crippen LogP contribution in [-0.2, 0) is 28.6 Å². The Kier molecular flexibility index (Phi) is 49.6. The highest BCUT2D eigenvalue weighted by Crippen LogP contribution is 2.18. The minimum absolute atomic E-state index is 0.0633. The molecule has 0 aromatic heterocycles. The van der Waals surface area contributed by atoms with Crippen molar-refractivity contribution in [2.75, 3.05) is 13.2 Å². The standard InChI is InChI=1S/C58H112O6/c1-6-7-8-9-10-11-12-13-14-15-18-21-24-27-33-38-43-48-56(59)62-51-55(64-58(61)50-45-40-35-30-29-32-37-42-47-54(4)5)52-63-57(60)49-44-39-34-28-25-22-19-16-17-20-23-26-31-36-41-46-53(2)3/h53-55H,6-52H2,1-5H3/t55-/m0/s1. The van der Waals surface area contributed by atoms with E-state index in [1.54, 1.807) is 0 Å². The predicted octanol–water partition coefficient (Wildman–Crippen LogP) is 18.9. The van der Waals surface area contributed by atoms with E-state index in [0.29, 0.717) is 19.3 Å². The number of carbonyl (C=O) groups is 3. The van der Waals surface area contributed by atoms with Gasteiger partial charge in [0.15, 0.2) is 6.10 Å². The van der Waals surface area contributed by atoms with Gasteiger partial charge in [-0.05, 0) is 31.1 Å². The molecule has 0 aromatic rings. The van der Waals surface area contributed by atoms with Gasteiger partial charge >= 0.3 is 17.9 Å². The van der Waals surface area contributed by atoms with E-state index < -0.39 is 6.10 Å². The summed E-state index contributed by atoms with van der Waals surface area (Å²) >= 11 is 0. The molecule has 0 aliphatic carbocycles. The minimum Gasteiger partial charge on any atom is -0.462 e. The molecule has 0 rings (SSSR count). The van der Waals surface area contributed by atoms with Crippen LogP contribution < -0.4 is 0 Å². The molecular weight excluding hydrogens is 793 g/mol. The largest absolute Gasteiger partial charge is 0.462 e. The van der Waals surface area contributed by atoms with Gasteiger partial charge in [0.1, 0.15) is 13.2 Å². The van der Waals surface area contributed by atoms with E-state index in [-0.39, 0.29) is 31.1 Å². The van der Waals surface area contributed by atoms with Gasteiger partial charge in [-0.15, -0.1) is 0 Å². The molecule has 0 fully saturated rings. The van der Waals surface area contributed by atoms with Crippen molar-refractivity contribution in [3.05, 3.63) is 0 Å². The molecule has 0 unspecified atom stereocenters. The zero-order chi connectivity index (χ0) is 46.8. The molecule has 0 N–H and O–H groups in total. The van der Waals surface area contributed by atoms with Gasteiger partial charge in [0, 0.05) is 19.3 Å². The van der Waals surface area contributed by atoms with Crippen LogP contribution in [0.3, 0.4) is 0 Å². The van der Waals surface area contributed by atoms with Crippen LogP contribution in [0.4, 0.5) is 0 Å². The molecule has 380 valence electrons. The van der Waals surface area contributed by atoms with Crippen LogP contribution in [0.2, 0.25) is 0 Å². The number of rotatable bonds is 52. The Bertz CT molecular complexity index is 978. The van der Waals surface area contributed by atoms with E-state index in [2.05, 4.69) is 34.6 Å². The van der Waals surface area contributed by atoms with Crippen LogP contribution in [0.25, 0.3) is 0 Å². The second-order valence-corrected chi connectivity index (χ2v) is 20.9. The van der Waals surface area contributed by atoms with Gasteiger partial charge in [0.25, 0.3) is 0 Å². The molecule has 0 spiro atoms. The summed E-state index contributed by atoms with van der Waals surface area (Å²) in [6, 6.07) is 0. The second kappa shape index (κ2) is 50.8. The fraction of sp³-hybridized carbons (Fsp3) is 0.948. The van der Waals surface area contributed by atoms with Crippen molar-refractivity contribution >= 4 is 17.9 Å². The zero-order valence-corrected chi connectivity index (χ0v) is 43.9. The minimum atomic E-state index is -0.763. The van der Waals surface area contributed by atoms with Gasteiger partial charge in [0.05, 0.1) is 0 Å². The number of unbranched alkanes of at least 4 members (excludes halogenated alkanes) is 37. The molecule has 0 heterocycles. The van der Waals surface area contributed by atoms with Crippen molar-refractivity contribution in [2.45, 2.75) is 330 Å². The third-order valence-electron chi connectivity index (χ3n) is 13.2. The molecule has 1 atom stereocenters. The van der Waals surface area contributed by atoms with Gasteiger partial charge in [-0.1, -0.05) is 285 Å². The monoisotopic (exact) mass is 905 g/mol. The summed E-state index contributed by atoms with van der Waals surface area (Å²) in [5.41, 5.74) is 0. The molecular formula is C58H112O6. The molecule has 0 saturated heterocycles. The summed E-state index contributed by atoms with van der Waals surface area (Å²) < 4.78 is 16.9. The maximum Gasteiger partial charge on any atom is 0.306 e. The average Bonchev–Trinajstić information content (AvgIpc) is 3.27. The first-order valence-corrected chi connectivity index (χ1v) is 28.7. The van der Waals surface area contributed by atoms with Crippen LogP contribution in [0.5, 0.6) is 0 Å². The maximum absolute atomic E-state index is 12.8. The summed E-state index contributed by atoms with van der Waals surface area (Å²) in [5, 5.41) is 0. The van der Waals surface area contributed by atoms with Gasteiger partial charge in [-0.25, -0.2) is 0 Å². The molecule has 0 aliphatic rings. The van der Waals surface area contributed by atoms with Crippen molar-refractivity contribution in [3.63, 3.8) is 0 Å². The highest BCUT2D eigenvalue weighted by molar-refractivity contribution is 5.71. The normalized spacial score (nSPS) is 12.0. The Morgan fingerprint density at radius 1 is 0.297 bits per heavy atom. The topological polar surface area (TPSA) is 78.9 Å². The molecule has 0 aliphatic heterocycles. The van der Waals surface area contributed by atoms with Crippen LogP contribution in [0, 0.1) is 11.8 Å². The van der Waals surface area contributed by atoms with Crippen LogP contribution in [0.1, 0.15) is 324 Å². The first-order chi connectivity index (χ1) is 31.2. The Morgan fingerprint density at radius 3 is 0.766 bits per heavy atom. The van der Waals surface area contributed by atoms with Crippen LogP contribution in [0.15, 0.2) is 0 Å². The van der Waals surface area contributed by atoms with Crippen LogP contribution in [-0.4, -0.2) is 37.2 Å². The fourth-order valence-electron chi connectivity index (χ4n) is 8.87. The van der Waals surface area contributed by atoms with Crippen molar-refractivity contribution in [1.29, 1.82) is 0 Å². The third-order valence-corrected chi connectivity index (χ3v) is 13.2. The maximum atomic E-state index is 12.8. The Hall–Kier alpha value is -1.59. The Balaban J connectivity index is 4.24. The summed E-state index contributed by atoms with van der Waals surface area (Å²) in [7, 11) is 0. The van der Waals surface area contributed by atoms with E-state index >= 15 is 0 Å². The van der Waals surface area contributed by atoms with E-state index in [1.165, 1.54) is 212 Å². The Labute approximate surface area is 399 Å². The lowest BCUT2D eigenvalue weighted by molar-refractivity contribution is -0.167. The number of carbonyl (C=O) groups excluding carboxylic acids is 3. The van der Waals surface area contributed by atoms with Gasteiger partial charge in [0.2, 0.25) is 0 Å². The second-order valence-electron chi connectivity index (χ2n) is 20.9. The molecule has 0 bridgehead atoms. The lowest BCUT2D eigenvalue weighted by Gasteiger charge is -2.18. The van der Waals surface area contributed by atoms with Crippen molar-refractivity contribution in [1.82, 2.24) is 0 Å². The summed E-state index contributed by atoms with van der Waals surface area (Å²) in [5.74, 6) is 0.800. The zero-order valence-electron chi connectivity index (χ0n) is 43.9. The van der Waals surface area contributed by atoms with Gasteiger partial charge < -0.3 is 14.2 Å². The number of hydrogen-bond acceptors (Lipinski definition) is 6. The quantitative estimate of drug-likeness (QED) is 0.0344. The summed E-state index contributed by atoms with van der Waals surface area (Å²) in [6.45, 7) is 11.4. The average molecular weight is 906 g/mol. The van der Waals surface area contributed by atoms with E-state index in [1.807, 2.05) is 0 Å². The molecule has 0 radical (unpaired) electrons. The highest BCUT2D eigenvalue weighted by Gasteiger charge is 2.19. The van der Waals surface area contributed by atoms with E-state index in [0.717, 1.165) is 69.6 Å². The third kappa shape index (κ3) is 51.4. The lowest BCUT2D eigenvalue weighted by atomic mass is 10.0. The van der Waals surface area contributed by atoms with Gasteiger partial charge in [-0.3, -0.25) is 14.4 Å². The Morgan fingerprint density at radius 2 is 0.516 bits per heavy atom. The summed E-state index contributed by atoms with van der Waals surface area (Å²) in [6.07, 6.45) is 53.9. The number of ether oxygens (including phenoxy) is 3. The van der Waals surface area contributed by atoms with E-state index in [9.17, 15) is 14.4 Å². The first kappa shape index (κ1) is 62.4. The van der Waals surface area contributed by atoms with Crippen molar-refractivity contribution < 1.29 is 28.6 Å². The highest BCUT2D eigenvalue weighted by atomic mass is 16.6. The molecule has 0 saturated carbocycles. The molecule has 0 aromatic carbocycles. The molecule has 64 heavy (non-hydrogen) atoms. The van der Waals surface area contributed by atoms with E-state index in [4.69, 9.17) is 14.2 Å². The van der Waals surface area contributed by atoms with Gasteiger partial charge in [-0.2, -0.15) is 0 Å². The lowest BCUT2D eigenvalue weighted by Crippen LogP contribution is -2.30. The SMILES string of the molecule is CCCCCCCCCCCCCCCCCCCC(=O)OC[C@@H](COC(=O)CCCCCCCCCCCCCCCCCC(C)C)OC(=O)CCCCCCCCCCC(C)C. The number of esters is 3. The van der Waals surface area contributed by atoms with Crippen molar-refractivity contribution in [2.24, 2.45) is 11.8 Å². The molecule has 6 nitrogen and oxygen atoms in total. The fourth-order valence-corrected chi connectivity index (χ4v) is 8.87. The summed E-state index contributed by atoms with van der Waals surface area (Å²) in [4.78, 5) is 38.1. The number of hydrogen-bond donors (Lipinski definition) is 0. The molecule has 6 heteroatoms. The predicted molar refractivity (Wildman–Crippen MR) is 275 cm³/mol. The molecule has 0 amide bonds. The smallest absolute Gasteiger partial charge is 0.306 e.